The second-order valence-electron chi connectivity index (χ2n) is 7.53. The molecule has 2 aliphatic rings. The fourth-order valence-corrected chi connectivity index (χ4v) is 4.90. The van der Waals surface area contributed by atoms with Gasteiger partial charge in [0.1, 0.15) is 17.2 Å². The van der Waals surface area contributed by atoms with Crippen LogP contribution in [-0.2, 0) is 0 Å². The standard InChI is InChI=1S/C25H22BrNO2/c1-28-24-13-10-16(26)14-22(24)25-20-9-5-8-19(20)21-15-18(11-12-23(21)27-25)29-17-6-3-2-4-7-17/h2-8,10-15,19-20,25,27H,9H2,1H3/t19-,20+,25-/m1/s1. The Labute approximate surface area is 179 Å². The number of para-hydroxylation sites is 1. The van der Waals surface area contributed by atoms with E-state index in [1.165, 1.54) is 11.1 Å². The van der Waals surface area contributed by atoms with Gasteiger partial charge in [-0.25, -0.2) is 0 Å². The minimum Gasteiger partial charge on any atom is -0.496 e. The van der Waals surface area contributed by atoms with Crippen molar-refractivity contribution >= 4 is 21.6 Å². The van der Waals surface area contributed by atoms with Gasteiger partial charge in [-0.3, -0.25) is 0 Å². The van der Waals surface area contributed by atoms with Crippen LogP contribution in [0.3, 0.4) is 0 Å². The van der Waals surface area contributed by atoms with Crippen LogP contribution in [0, 0.1) is 5.92 Å². The first-order chi connectivity index (χ1) is 14.2. The van der Waals surface area contributed by atoms with Gasteiger partial charge in [-0.1, -0.05) is 46.3 Å². The molecule has 0 unspecified atom stereocenters. The van der Waals surface area contributed by atoms with Crippen LogP contribution in [0.5, 0.6) is 17.2 Å². The molecule has 1 aliphatic carbocycles. The Bertz CT molecular complexity index is 1060. The van der Waals surface area contributed by atoms with E-state index in [2.05, 4.69) is 51.6 Å². The number of ether oxygens (including phenoxy) is 2. The van der Waals surface area contributed by atoms with E-state index in [0.29, 0.717) is 11.8 Å². The first-order valence-corrected chi connectivity index (χ1v) is 10.7. The molecule has 0 spiro atoms. The quantitative estimate of drug-likeness (QED) is 0.433. The van der Waals surface area contributed by atoms with Crippen LogP contribution in [0.1, 0.15) is 29.5 Å². The van der Waals surface area contributed by atoms with Gasteiger partial charge in [0.25, 0.3) is 0 Å². The Morgan fingerprint density at radius 2 is 1.79 bits per heavy atom. The highest BCUT2D eigenvalue weighted by Gasteiger charge is 2.39. The van der Waals surface area contributed by atoms with Crippen molar-refractivity contribution in [2.24, 2.45) is 5.92 Å². The number of anilines is 1. The first-order valence-electron chi connectivity index (χ1n) is 9.86. The van der Waals surface area contributed by atoms with Crippen LogP contribution in [0.2, 0.25) is 0 Å². The Morgan fingerprint density at radius 1 is 0.931 bits per heavy atom. The predicted molar refractivity (Wildman–Crippen MR) is 120 cm³/mol. The number of allylic oxidation sites excluding steroid dienone is 2. The third-order valence-electron chi connectivity index (χ3n) is 5.84. The molecule has 29 heavy (non-hydrogen) atoms. The normalized spacial score (nSPS) is 21.8. The van der Waals surface area contributed by atoms with Gasteiger partial charge < -0.3 is 14.8 Å². The molecular formula is C25H22BrNO2. The number of hydrogen-bond acceptors (Lipinski definition) is 3. The molecular weight excluding hydrogens is 426 g/mol. The Morgan fingerprint density at radius 3 is 2.62 bits per heavy atom. The second-order valence-corrected chi connectivity index (χ2v) is 8.44. The largest absolute Gasteiger partial charge is 0.496 e. The topological polar surface area (TPSA) is 30.5 Å². The molecule has 0 radical (unpaired) electrons. The van der Waals surface area contributed by atoms with Crippen LogP contribution >= 0.6 is 15.9 Å². The molecule has 1 heterocycles. The highest BCUT2D eigenvalue weighted by Crippen LogP contribution is 2.52. The molecule has 0 fully saturated rings. The van der Waals surface area contributed by atoms with E-state index >= 15 is 0 Å². The maximum absolute atomic E-state index is 6.08. The molecule has 0 bridgehead atoms. The zero-order valence-electron chi connectivity index (χ0n) is 16.1. The van der Waals surface area contributed by atoms with Gasteiger partial charge in [0.05, 0.1) is 13.2 Å². The SMILES string of the molecule is COc1ccc(Br)cc1[C@@H]1Nc2ccc(Oc3ccccc3)cc2[C@@H]2C=CC[C@@H]21. The maximum Gasteiger partial charge on any atom is 0.127 e. The summed E-state index contributed by atoms with van der Waals surface area (Å²) in [5.74, 6) is 3.45. The lowest BCUT2D eigenvalue weighted by molar-refractivity contribution is 0.380. The van der Waals surface area contributed by atoms with E-state index in [0.717, 1.165) is 33.8 Å². The zero-order valence-corrected chi connectivity index (χ0v) is 17.7. The Balaban J connectivity index is 1.51. The summed E-state index contributed by atoms with van der Waals surface area (Å²) in [6.07, 6.45) is 5.68. The molecule has 3 nitrogen and oxygen atoms in total. The molecule has 3 atom stereocenters. The lowest BCUT2D eigenvalue weighted by atomic mass is 9.77. The molecule has 3 aromatic rings. The van der Waals surface area contributed by atoms with Crippen LogP contribution < -0.4 is 14.8 Å². The van der Waals surface area contributed by atoms with Crippen molar-refractivity contribution in [3.8, 4) is 17.2 Å². The summed E-state index contributed by atoms with van der Waals surface area (Å²) in [5.41, 5.74) is 3.64. The van der Waals surface area contributed by atoms with Crippen molar-refractivity contribution in [1.29, 1.82) is 0 Å². The van der Waals surface area contributed by atoms with Gasteiger partial charge in [0.15, 0.2) is 0 Å². The Hall–Kier alpha value is -2.72. The fourth-order valence-electron chi connectivity index (χ4n) is 4.52. The third-order valence-corrected chi connectivity index (χ3v) is 6.33. The van der Waals surface area contributed by atoms with Crippen LogP contribution in [0.25, 0.3) is 0 Å². The molecule has 0 saturated heterocycles. The number of halogens is 1. The van der Waals surface area contributed by atoms with Crippen molar-refractivity contribution in [2.75, 3.05) is 12.4 Å². The summed E-state index contributed by atoms with van der Waals surface area (Å²) in [4.78, 5) is 0. The number of fused-ring (bicyclic) bond motifs is 3. The average Bonchev–Trinajstić information content (AvgIpc) is 3.24. The highest BCUT2D eigenvalue weighted by atomic mass is 79.9. The van der Waals surface area contributed by atoms with Gasteiger partial charge in [-0.15, -0.1) is 0 Å². The second kappa shape index (κ2) is 7.60. The minimum atomic E-state index is 0.191. The van der Waals surface area contributed by atoms with Crippen LogP contribution in [0.15, 0.2) is 83.4 Å². The third kappa shape index (κ3) is 3.42. The van der Waals surface area contributed by atoms with Crippen molar-refractivity contribution in [2.45, 2.75) is 18.4 Å². The van der Waals surface area contributed by atoms with Crippen molar-refractivity contribution in [3.63, 3.8) is 0 Å². The van der Waals surface area contributed by atoms with E-state index < -0.39 is 0 Å². The van der Waals surface area contributed by atoms with Crippen molar-refractivity contribution in [1.82, 2.24) is 0 Å². The zero-order chi connectivity index (χ0) is 19.8. The van der Waals surface area contributed by atoms with Crippen LogP contribution in [0.4, 0.5) is 5.69 Å². The molecule has 0 aromatic heterocycles. The van der Waals surface area contributed by atoms with Gasteiger partial charge in [0.2, 0.25) is 0 Å². The molecule has 3 aromatic carbocycles. The van der Waals surface area contributed by atoms with E-state index in [9.17, 15) is 0 Å². The number of hydrogen-bond donors (Lipinski definition) is 1. The molecule has 4 heteroatoms. The van der Waals surface area contributed by atoms with Crippen molar-refractivity contribution < 1.29 is 9.47 Å². The van der Waals surface area contributed by atoms with Gasteiger partial charge in [0, 0.05) is 21.6 Å². The monoisotopic (exact) mass is 447 g/mol. The molecule has 1 N–H and O–H groups in total. The smallest absolute Gasteiger partial charge is 0.127 e. The van der Waals surface area contributed by atoms with Gasteiger partial charge >= 0.3 is 0 Å². The molecule has 0 saturated carbocycles. The summed E-state index contributed by atoms with van der Waals surface area (Å²) < 4.78 is 12.8. The molecule has 1 aliphatic heterocycles. The number of rotatable bonds is 4. The van der Waals surface area contributed by atoms with E-state index in [1.54, 1.807) is 7.11 Å². The molecule has 0 amide bonds. The predicted octanol–water partition coefficient (Wildman–Crippen LogP) is 7.08. The lowest BCUT2D eigenvalue weighted by Crippen LogP contribution is -2.29. The molecule has 146 valence electrons. The van der Waals surface area contributed by atoms with Crippen molar-refractivity contribution in [3.05, 3.63) is 94.5 Å². The summed E-state index contributed by atoms with van der Waals surface area (Å²) in [5, 5.41) is 3.78. The fraction of sp³-hybridized carbons (Fsp3) is 0.200. The summed E-state index contributed by atoms with van der Waals surface area (Å²) in [7, 11) is 1.74. The van der Waals surface area contributed by atoms with E-state index in [1.807, 2.05) is 48.5 Å². The number of benzene rings is 3. The summed E-state index contributed by atoms with van der Waals surface area (Å²) in [6.45, 7) is 0. The van der Waals surface area contributed by atoms with E-state index in [-0.39, 0.29) is 6.04 Å². The Kier molecular flexibility index (Phi) is 4.80. The van der Waals surface area contributed by atoms with Gasteiger partial charge in [-0.05, 0) is 66.4 Å². The van der Waals surface area contributed by atoms with Crippen LogP contribution in [-0.4, -0.2) is 7.11 Å². The first kappa shape index (κ1) is 18.3. The summed E-state index contributed by atoms with van der Waals surface area (Å²) >= 11 is 3.62. The number of nitrogens with one attached hydrogen (secondary N) is 1. The minimum absolute atomic E-state index is 0.191. The lowest BCUT2D eigenvalue weighted by Gasteiger charge is -2.38. The van der Waals surface area contributed by atoms with E-state index in [4.69, 9.17) is 9.47 Å². The average molecular weight is 448 g/mol. The maximum atomic E-state index is 6.08. The van der Waals surface area contributed by atoms with Gasteiger partial charge in [-0.2, -0.15) is 0 Å². The highest BCUT2D eigenvalue weighted by molar-refractivity contribution is 9.10. The number of methoxy groups -OCH3 is 1. The summed E-state index contributed by atoms with van der Waals surface area (Å²) in [6, 6.07) is 22.7. The molecule has 5 rings (SSSR count).